The molecule has 0 aromatic heterocycles. The van der Waals surface area contributed by atoms with E-state index in [0.29, 0.717) is 23.1 Å². The number of nitrogens with one attached hydrogen (secondary N) is 1. The SMILES string of the molecule is CCS/C(=C\N)C(=O)NC1=Nc2c(C3CCOCC3)ccc(OC)c2C1. The number of amidine groups is 1. The van der Waals surface area contributed by atoms with E-state index in [2.05, 4.69) is 11.4 Å². The highest BCUT2D eigenvalue weighted by atomic mass is 32.2. The fourth-order valence-electron chi connectivity index (χ4n) is 3.42. The van der Waals surface area contributed by atoms with Gasteiger partial charge in [-0.15, -0.1) is 11.8 Å². The Morgan fingerprint density at radius 1 is 1.46 bits per heavy atom. The van der Waals surface area contributed by atoms with Crippen LogP contribution in [-0.2, 0) is 16.0 Å². The number of thioether (sulfide) groups is 1. The van der Waals surface area contributed by atoms with E-state index in [0.717, 1.165) is 48.8 Å². The van der Waals surface area contributed by atoms with Crippen LogP contribution in [0.15, 0.2) is 28.2 Å². The minimum absolute atomic E-state index is 0.211. The van der Waals surface area contributed by atoms with Crippen molar-refractivity contribution in [2.75, 3.05) is 26.1 Å². The van der Waals surface area contributed by atoms with E-state index >= 15 is 0 Å². The van der Waals surface area contributed by atoms with Gasteiger partial charge < -0.3 is 20.5 Å². The number of benzene rings is 1. The topological polar surface area (TPSA) is 85.9 Å². The number of nitrogens with two attached hydrogens (primary N) is 1. The molecule has 140 valence electrons. The molecule has 0 bridgehead atoms. The molecule has 1 fully saturated rings. The lowest BCUT2D eigenvalue weighted by Crippen LogP contribution is -2.31. The summed E-state index contributed by atoms with van der Waals surface area (Å²) in [5.41, 5.74) is 8.76. The molecule has 2 aliphatic rings. The minimum Gasteiger partial charge on any atom is -0.496 e. The number of nitrogens with zero attached hydrogens (tertiary/aromatic N) is 1. The van der Waals surface area contributed by atoms with Crippen molar-refractivity contribution in [1.29, 1.82) is 0 Å². The maximum atomic E-state index is 12.4. The van der Waals surface area contributed by atoms with E-state index in [1.807, 2.05) is 13.0 Å². The molecule has 6 nitrogen and oxygen atoms in total. The zero-order chi connectivity index (χ0) is 18.5. The van der Waals surface area contributed by atoms with Gasteiger partial charge in [-0.05, 0) is 36.1 Å². The fraction of sp³-hybridized carbons (Fsp3) is 0.474. The monoisotopic (exact) mass is 375 g/mol. The highest BCUT2D eigenvalue weighted by Crippen LogP contribution is 2.42. The van der Waals surface area contributed by atoms with Crippen molar-refractivity contribution < 1.29 is 14.3 Å². The second kappa shape index (κ2) is 8.60. The van der Waals surface area contributed by atoms with Crippen LogP contribution in [0.4, 0.5) is 5.69 Å². The van der Waals surface area contributed by atoms with Gasteiger partial charge in [0, 0.05) is 31.4 Å². The number of aliphatic imine (C=N–C) groups is 1. The van der Waals surface area contributed by atoms with Crippen LogP contribution in [0.2, 0.25) is 0 Å². The first-order valence-electron chi connectivity index (χ1n) is 8.89. The molecule has 1 aromatic carbocycles. The first-order chi connectivity index (χ1) is 12.7. The highest BCUT2D eigenvalue weighted by Gasteiger charge is 2.27. The summed E-state index contributed by atoms with van der Waals surface area (Å²) in [6.45, 7) is 3.53. The lowest BCUT2D eigenvalue weighted by molar-refractivity contribution is -0.115. The first-order valence-corrected chi connectivity index (χ1v) is 9.87. The molecule has 1 aromatic rings. The summed E-state index contributed by atoms with van der Waals surface area (Å²) in [4.78, 5) is 17.6. The van der Waals surface area contributed by atoms with Crippen molar-refractivity contribution in [1.82, 2.24) is 5.32 Å². The third-order valence-corrected chi connectivity index (χ3v) is 5.60. The van der Waals surface area contributed by atoms with E-state index in [1.165, 1.54) is 23.5 Å². The molecule has 1 amide bonds. The van der Waals surface area contributed by atoms with Gasteiger partial charge in [-0.2, -0.15) is 0 Å². The average molecular weight is 375 g/mol. The molecule has 0 atom stereocenters. The Bertz CT molecular complexity index is 740. The Labute approximate surface area is 158 Å². The molecule has 3 rings (SSSR count). The molecule has 0 unspecified atom stereocenters. The van der Waals surface area contributed by atoms with Crippen molar-refractivity contribution in [3.05, 3.63) is 34.4 Å². The van der Waals surface area contributed by atoms with Gasteiger partial charge in [0.05, 0.1) is 17.7 Å². The van der Waals surface area contributed by atoms with Crippen LogP contribution in [0.25, 0.3) is 0 Å². The molecule has 0 spiro atoms. The average Bonchev–Trinajstić information content (AvgIpc) is 3.09. The van der Waals surface area contributed by atoms with Gasteiger partial charge in [-0.25, -0.2) is 4.99 Å². The van der Waals surface area contributed by atoms with Crippen LogP contribution >= 0.6 is 11.8 Å². The van der Waals surface area contributed by atoms with Gasteiger partial charge in [0.25, 0.3) is 5.91 Å². The predicted octanol–water partition coefficient (Wildman–Crippen LogP) is 2.84. The van der Waals surface area contributed by atoms with E-state index in [4.69, 9.17) is 20.2 Å². The molecule has 2 aliphatic heterocycles. The van der Waals surface area contributed by atoms with E-state index in [1.54, 1.807) is 7.11 Å². The number of hydrogen-bond donors (Lipinski definition) is 2. The Morgan fingerprint density at radius 2 is 2.23 bits per heavy atom. The molecule has 0 aliphatic carbocycles. The summed E-state index contributed by atoms with van der Waals surface area (Å²) >= 11 is 1.42. The second-order valence-corrected chi connectivity index (χ2v) is 7.53. The molecular weight excluding hydrogens is 350 g/mol. The number of amides is 1. The van der Waals surface area contributed by atoms with Crippen molar-refractivity contribution in [3.63, 3.8) is 0 Å². The van der Waals surface area contributed by atoms with Crippen LogP contribution in [0.3, 0.4) is 0 Å². The number of ether oxygens (including phenoxy) is 2. The molecule has 7 heteroatoms. The van der Waals surface area contributed by atoms with Gasteiger partial charge in [-0.1, -0.05) is 13.0 Å². The van der Waals surface area contributed by atoms with Crippen molar-refractivity contribution >= 4 is 29.2 Å². The third kappa shape index (κ3) is 3.88. The molecule has 0 saturated carbocycles. The molecule has 3 N–H and O–H groups in total. The van der Waals surface area contributed by atoms with E-state index < -0.39 is 0 Å². The minimum atomic E-state index is -0.211. The maximum absolute atomic E-state index is 12.4. The van der Waals surface area contributed by atoms with Crippen LogP contribution in [-0.4, -0.2) is 37.8 Å². The van der Waals surface area contributed by atoms with E-state index in [-0.39, 0.29) is 5.91 Å². The highest BCUT2D eigenvalue weighted by molar-refractivity contribution is 8.03. The van der Waals surface area contributed by atoms with Crippen molar-refractivity contribution in [3.8, 4) is 5.75 Å². The lowest BCUT2D eigenvalue weighted by atomic mass is 9.89. The standard InChI is InChI=1S/C19H25N3O3S/c1-3-26-16(11-20)19(23)22-17-10-14-15(24-2)5-4-13(18(14)21-17)12-6-8-25-9-7-12/h4-5,11-12H,3,6-10,20H2,1-2H3,(H,21,22,23)/b16-11-. The number of carbonyl (C=O) groups excluding carboxylic acids is 1. The van der Waals surface area contributed by atoms with Crippen LogP contribution in [0.5, 0.6) is 5.75 Å². The summed E-state index contributed by atoms with van der Waals surface area (Å²) in [5, 5.41) is 2.90. The van der Waals surface area contributed by atoms with Crippen LogP contribution < -0.4 is 15.8 Å². The Kier molecular flexibility index (Phi) is 6.21. The Hall–Kier alpha value is -1.99. The van der Waals surface area contributed by atoms with Gasteiger partial charge in [0.1, 0.15) is 11.6 Å². The molecular formula is C19H25N3O3S. The van der Waals surface area contributed by atoms with Gasteiger partial charge in [0.15, 0.2) is 0 Å². The summed E-state index contributed by atoms with van der Waals surface area (Å²) in [6, 6.07) is 4.10. The summed E-state index contributed by atoms with van der Waals surface area (Å²) in [6.07, 6.45) is 3.88. The van der Waals surface area contributed by atoms with Gasteiger partial charge >= 0.3 is 0 Å². The number of methoxy groups -OCH3 is 1. The van der Waals surface area contributed by atoms with E-state index in [9.17, 15) is 4.79 Å². The second-order valence-electron chi connectivity index (χ2n) is 6.22. The first kappa shape index (κ1) is 18.8. The van der Waals surface area contributed by atoms with Gasteiger partial charge in [0.2, 0.25) is 0 Å². The largest absolute Gasteiger partial charge is 0.496 e. The molecule has 2 heterocycles. The summed E-state index contributed by atoms with van der Waals surface area (Å²) in [5.74, 6) is 2.44. The molecule has 26 heavy (non-hydrogen) atoms. The zero-order valence-corrected chi connectivity index (χ0v) is 16.0. The summed E-state index contributed by atoms with van der Waals surface area (Å²) < 4.78 is 11.0. The smallest absolute Gasteiger partial charge is 0.264 e. The predicted molar refractivity (Wildman–Crippen MR) is 105 cm³/mol. The number of hydrogen-bond acceptors (Lipinski definition) is 6. The quantitative estimate of drug-likeness (QED) is 0.773. The summed E-state index contributed by atoms with van der Waals surface area (Å²) in [7, 11) is 1.66. The van der Waals surface area contributed by atoms with Crippen molar-refractivity contribution in [2.45, 2.75) is 32.1 Å². The van der Waals surface area contributed by atoms with Gasteiger partial charge in [-0.3, -0.25) is 4.79 Å². The molecule has 1 saturated heterocycles. The van der Waals surface area contributed by atoms with Crippen LogP contribution in [0, 0.1) is 0 Å². The lowest BCUT2D eigenvalue weighted by Gasteiger charge is -2.24. The Morgan fingerprint density at radius 3 is 2.88 bits per heavy atom. The van der Waals surface area contributed by atoms with Crippen molar-refractivity contribution in [2.24, 2.45) is 10.7 Å². The fourth-order valence-corrected chi connectivity index (χ4v) is 4.01. The van der Waals surface area contributed by atoms with Crippen LogP contribution in [0.1, 0.15) is 36.8 Å². The number of fused-ring (bicyclic) bond motifs is 1. The zero-order valence-electron chi connectivity index (χ0n) is 15.2. The number of rotatable bonds is 5. The molecule has 0 radical (unpaired) electrons. The maximum Gasteiger partial charge on any atom is 0.264 e. The normalized spacial score (nSPS) is 17.6. The Balaban J connectivity index is 1.85. The third-order valence-electron chi connectivity index (χ3n) is 4.68. The number of carbonyl (C=O) groups is 1.